The molecule has 0 radical (unpaired) electrons. The minimum absolute atomic E-state index is 0.104. The second-order valence-corrected chi connectivity index (χ2v) is 6.56. The lowest BCUT2D eigenvalue weighted by Crippen LogP contribution is -2.33. The van der Waals surface area contributed by atoms with Crippen molar-refractivity contribution in [3.05, 3.63) is 29.7 Å². The largest absolute Gasteiger partial charge is 0.376 e. The monoisotopic (exact) mass is 314 g/mol. The van der Waals surface area contributed by atoms with Gasteiger partial charge in [0, 0.05) is 43.8 Å². The van der Waals surface area contributed by atoms with Crippen LogP contribution in [0.5, 0.6) is 0 Å². The average molecular weight is 314 g/mol. The highest BCUT2D eigenvalue weighted by Crippen LogP contribution is 2.38. The van der Waals surface area contributed by atoms with E-state index in [1.54, 1.807) is 6.33 Å². The number of ether oxygens (including phenoxy) is 1. The van der Waals surface area contributed by atoms with Gasteiger partial charge in [-0.05, 0) is 26.2 Å². The Morgan fingerprint density at radius 1 is 1.30 bits per heavy atom. The summed E-state index contributed by atoms with van der Waals surface area (Å²) in [4.78, 5) is 15.8. The molecule has 0 unspecified atom stereocenters. The van der Waals surface area contributed by atoms with Crippen LogP contribution in [0.15, 0.2) is 12.4 Å². The second-order valence-electron chi connectivity index (χ2n) is 6.56. The Morgan fingerprint density at radius 2 is 2.17 bits per heavy atom. The van der Waals surface area contributed by atoms with Crippen molar-refractivity contribution in [1.29, 1.82) is 0 Å². The lowest BCUT2D eigenvalue weighted by Gasteiger charge is -2.25. The van der Waals surface area contributed by atoms with E-state index >= 15 is 0 Å². The first kappa shape index (κ1) is 14.6. The van der Waals surface area contributed by atoms with Gasteiger partial charge in [-0.1, -0.05) is 0 Å². The minimum Gasteiger partial charge on any atom is -0.376 e. The topological polar surface area (TPSA) is 79.8 Å². The standard InChI is InChI=1S/C16H22N6O/c1-10-7-14(20-15(19-10)11-3-4-11)22(2)8-13-12(5-6-23-13)16-17-9-18-21-16/h7,9,11-13H,3-6,8H2,1-2H3,(H,17,18,21)/t12-,13-/m1/s1. The number of hydrogen-bond donors (Lipinski definition) is 1. The molecule has 122 valence electrons. The van der Waals surface area contributed by atoms with Crippen molar-refractivity contribution < 1.29 is 4.74 Å². The van der Waals surface area contributed by atoms with E-state index in [0.717, 1.165) is 42.7 Å². The van der Waals surface area contributed by atoms with Crippen LogP contribution in [0, 0.1) is 6.92 Å². The van der Waals surface area contributed by atoms with Gasteiger partial charge in [0.15, 0.2) is 0 Å². The van der Waals surface area contributed by atoms with E-state index < -0.39 is 0 Å². The fraction of sp³-hybridized carbons (Fsp3) is 0.625. The lowest BCUT2D eigenvalue weighted by molar-refractivity contribution is 0.108. The molecule has 1 aliphatic heterocycles. The summed E-state index contributed by atoms with van der Waals surface area (Å²) in [7, 11) is 2.07. The van der Waals surface area contributed by atoms with Gasteiger partial charge in [-0.2, -0.15) is 5.10 Å². The molecule has 0 aromatic carbocycles. The predicted octanol–water partition coefficient (Wildman–Crippen LogP) is 1.79. The Kier molecular flexibility index (Phi) is 3.72. The minimum atomic E-state index is 0.104. The van der Waals surface area contributed by atoms with Crippen molar-refractivity contribution in [3.63, 3.8) is 0 Å². The summed E-state index contributed by atoms with van der Waals surface area (Å²) in [6.07, 6.45) is 5.07. The lowest BCUT2D eigenvalue weighted by atomic mass is 10.0. The number of likely N-dealkylation sites (N-methyl/N-ethyl adjacent to an activating group) is 1. The molecule has 7 heteroatoms. The van der Waals surface area contributed by atoms with Gasteiger partial charge in [0.1, 0.15) is 23.8 Å². The van der Waals surface area contributed by atoms with Crippen LogP contribution in [-0.2, 0) is 4.74 Å². The fourth-order valence-electron chi connectivity index (χ4n) is 3.19. The molecule has 7 nitrogen and oxygen atoms in total. The van der Waals surface area contributed by atoms with E-state index in [1.807, 2.05) is 13.0 Å². The molecule has 2 aliphatic rings. The van der Waals surface area contributed by atoms with Crippen LogP contribution in [0.4, 0.5) is 5.82 Å². The highest BCUT2D eigenvalue weighted by molar-refractivity contribution is 5.40. The SMILES string of the molecule is Cc1cc(N(C)C[C@H]2OCC[C@H]2c2ncn[nH]2)nc(C2CC2)n1. The van der Waals surface area contributed by atoms with Gasteiger partial charge in [0.05, 0.1) is 6.10 Å². The van der Waals surface area contributed by atoms with Crippen molar-refractivity contribution in [2.45, 2.75) is 44.1 Å². The molecule has 3 heterocycles. The first-order valence-electron chi connectivity index (χ1n) is 8.24. The van der Waals surface area contributed by atoms with Crippen LogP contribution >= 0.6 is 0 Å². The zero-order valence-corrected chi connectivity index (χ0v) is 13.6. The van der Waals surface area contributed by atoms with Crippen LogP contribution < -0.4 is 4.90 Å². The zero-order valence-electron chi connectivity index (χ0n) is 13.6. The molecule has 4 rings (SSSR count). The van der Waals surface area contributed by atoms with Crippen LogP contribution in [0.3, 0.4) is 0 Å². The van der Waals surface area contributed by atoms with Crippen molar-refractivity contribution in [1.82, 2.24) is 25.1 Å². The smallest absolute Gasteiger partial charge is 0.137 e. The molecule has 0 bridgehead atoms. The van der Waals surface area contributed by atoms with E-state index in [0.29, 0.717) is 5.92 Å². The first-order chi connectivity index (χ1) is 11.2. The molecule has 2 fully saturated rings. The van der Waals surface area contributed by atoms with Crippen molar-refractivity contribution in [2.75, 3.05) is 25.1 Å². The Bertz CT molecular complexity index is 669. The molecule has 2 aromatic rings. The molecule has 2 atom stereocenters. The maximum atomic E-state index is 5.93. The third kappa shape index (κ3) is 3.06. The maximum Gasteiger partial charge on any atom is 0.137 e. The summed E-state index contributed by atoms with van der Waals surface area (Å²) >= 11 is 0. The summed E-state index contributed by atoms with van der Waals surface area (Å²) in [5, 5.41) is 6.94. The molecule has 1 N–H and O–H groups in total. The normalized spacial score (nSPS) is 24.1. The van der Waals surface area contributed by atoms with Crippen molar-refractivity contribution in [2.24, 2.45) is 0 Å². The van der Waals surface area contributed by atoms with Gasteiger partial charge in [-0.25, -0.2) is 15.0 Å². The molecule has 1 saturated carbocycles. The summed E-state index contributed by atoms with van der Waals surface area (Å²) in [5.74, 6) is 3.72. The second kappa shape index (κ2) is 5.88. The zero-order chi connectivity index (χ0) is 15.8. The quantitative estimate of drug-likeness (QED) is 0.906. The molecule has 0 amide bonds. The number of anilines is 1. The Labute approximate surface area is 135 Å². The van der Waals surface area contributed by atoms with Gasteiger partial charge in [0.25, 0.3) is 0 Å². The Balaban J connectivity index is 1.50. The van der Waals surface area contributed by atoms with Gasteiger partial charge in [-0.15, -0.1) is 0 Å². The summed E-state index contributed by atoms with van der Waals surface area (Å²) in [5.41, 5.74) is 1.03. The Hall–Kier alpha value is -2.02. The van der Waals surface area contributed by atoms with Crippen LogP contribution in [0.25, 0.3) is 0 Å². The first-order valence-corrected chi connectivity index (χ1v) is 8.24. The number of aryl methyl sites for hydroxylation is 1. The fourth-order valence-corrected chi connectivity index (χ4v) is 3.19. The van der Waals surface area contributed by atoms with Crippen molar-refractivity contribution in [3.8, 4) is 0 Å². The molecular weight excluding hydrogens is 292 g/mol. The predicted molar refractivity (Wildman–Crippen MR) is 85.5 cm³/mol. The van der Waals surface area contributed by atoms with Crippen molar-refractivity contribution >= 4 is 5.82 Å². The number of aromatic nitrogens is 5. The highest BCUT2D eigenvalue weighted by Gasteiger charge is 2.33. The summed E-state index contributed by atoms with van der Waals surface area (Å²) in [6, 6.07) is 2.05. The van der Waals surface area contributed by atoms with E-state index in [4.69, 9.17) is 9.72 Å². The van der Waals surface area contributed by atoms with E-state index in [1.165, 1.54) is 12.8 Å². The molecule has 2 aromatic heterocycles. The highest BCUT2D eigenvalue weighted by atomic mass is 16.5. The Morgan fingerprint density at radius 3 is 2.91 bits per heavy atom. The van der Waals surface area contributed by atoms with Crippen LogP contribution in [-0.4, -0.2) is 51.5 Å². The number of nitrogens with zero attached hydrogens (tertiary/aromatic N) is 5. The molecular formula is C16H22N6O. The molecule has 0 spiro atoms. The number of H-pyrrole nitrogens is 1. The third-order valence-electron chi connectivity index (χ3n) is 4.64. The van der Waals surface area contributed by atoms with Gasteiger partial charge in [-0.3, -0.25) is 5.10 Å². The number of aromatic amines is 1. The number of rotatable bonds is 5. The van der Waals surface area contributed by atoms with Gasteiger partial charge >= 0.3 is 0 Å². The molecule has 23 heavy (non-hydrogen) atoms. The number of hydrogen-bond acceptors (Lipinski definition) is 6. The molecule has 1 aliphatic carbocycles. The van der Waals surface area contributed by atoms with Crippen LogP contribution in [0.2, 0.25) is 0 Å². The maximum absolute atomic E-state index is 5.93. The third-order valence-corrected chi connectivity index (χ3v) is 4.64. The van der Waals surface area contributed by atoms with E-state index in [9.17, 15) is 0 Å². The molecule has 1 saturated heterocycles. The number of nitrogens with one attached hydrogen (secondary N) is 1. The van der Waals surface area contributed by atoms with Gasteiger partial charge in [0.2, 0.25) is 0 Å². The van der Waals surface area contributed by atoms with E-state index in [-0.39, 0.29) is 12.0 Å². The van der Waals surface area contributed by atoms with Gasteiger partial charge < -0.3 is 9.64 Å². The average Bonchev–Trinajstić information content (AvgIpc) is 3.05. The summed E-state index contributed by atoms with van der Waals surface area (Å²) < 4.78 is 5.93. The summed E-state index contributed by atoms with van der Waals surface area (Å²) in [6.45, 7) is 3.58. The van der Waals surface area contributed by atoms with Crippen LogP contribution in [0.1, 0.15) is 48.4 Å². The van der Waals surface area contributed by atoms with E-state index in [2.05, 4.69) is 32.1 Å².